The van der Waals surface area contributed by atoms with Crippen LogP contribution >= 0.6 is 0 Å². The van der Waals surface area contributed by atoms with Crippen LogP contribution in [-0.4, -0.2) is 14.4 Å². The second kappa shape index (κ2) is 5.27. The third-order valence-electron chi connectivity index (χ3n) is 4.43. The van der Waals surface area contributed by atoms with Crippen LogP contribution in [0, 0.1) is 11.8 Å². The molecule has 0 saturated carbocycles. The average molecular weight is 254 g/mol. The Bertz CT molecular complexity index is 273. The zero-order chi connectivity index (χ0) is 13.3. The van der Waals surface area contributed by atoms with Gasteiger partial charge < -0.3 is 4.43 Å². The topological polar surface area (TPSA) is 9.23 Å². The molecule has 0 aliphatic heterocycles. The number of allylic oxidation sites excluding steroid dienone is 1. The van der Waals surface area contributed by atoms with Gasteiger partial charge >= 0.3 is 0 Å². The maximum Gasteiger partial charge on any atom is 0.192 e. The molecule has 100 valence electrons. The second-order valence-electron chi connectivity index (χ2n) is 7.24. The summed E-state index contributed by atoms with van der Waals surface area (Å²) >= 11 is 0. The maximum absolute atomic E-state index is 6.60. The zero-order valence-electron chi connectivity index (χ0n) is 12.7. The standard InChI is InChI=1S/C15H30OSi/c1-12(2)13-10-8-9-11-14(13)16-17(6,7)15(3,4)5/h8,10,12-14H,9,11H2,1-7H3/t13-,14+/m0/s1. The van der Waals surface area contributed by atoms with E-state index in [9.17, 15) is 0 Å². The molecule has 0 aromatic rings. The van der Waals surface area contributed by atoms with E-state index in [2.05, 4.69) is 59.9 Å². The van der Waals surface area contributed by atoms with Gasteiger partial charge in [0.2, 0.25) is 0 Å². The monoisotopic (exact) mass is 254 g/mol. The molecule has 0 unspecified atom stereocenters. The molecule has 0 aromatic carbocycles. The highest BCUT2D eigenvalue weighted by Gasteiger charge is 2.40. The molecule has 17 heavy (non-hydrogen) atoms. The molecule has 1 nitrogen and oxygen atoms in total. The van der Waals surface area contributed by atoms with Crippen LogP contribution in [0.25, 0.3) is 0 Å². The van der Waals surface area contributed by atoms with E-state index in [0.29, 0.717) is 23.0 Å². The van der Waals surface area contributed by atoms with Crippen LogP contribution in [0.3, 0.4) is 0 Å². The number of hydrogen-bond donors (Lipinski definition) is 0. The van der Waals surface area contributed by atoms with E-state index >= 15 is 0 Å². The van der Waals surface area contributed by atoms with Crippen LogP contribution in [0.2, 0.25) is 18.1 Å². The summed E-state index contributed by atoms with van der Waals surface area (Å²) in [6.07, 6.45) is 7.54. The van der Waals surface area contributed by atoms with Crippen molar-refractivity contribution in [3.05, 3.63) is 12.2 Å². The molecule has 2 atom stereocenters. The summed E-state index contributed by atoms with van der Waals surface area (Å²) in [5.74, 6) is 1.29. The summed E-state index contributed by atoms with van der Waals surface area (Å²) in [7, 11) is -1.61. The van der Waals surface area contributed by atoms with Gasteiger partial charge in [0.25, 0.3) is 0 Å². The van der Waals surface area contributed by atoms with Crippen molar-refractivity contribution in [3.63, 3.8) is 0 Å². The molecule has 1 aliphatic rings. The lowest BCUT2D eigenvalue weighted by Crippen LogP contribution is -2.46. The SMILES string of the molecule is CC(C)[C@@H]1C=CCC[C@H]1O[Si](C)(C)C(C)(C)C. The van der Waals surface area contributed by atoms with Crippen molar-refractivity contribution >= 4 is 8.32 Å². The van der Waals surface area contributed by atoms with Gasteiger partial charge in [-0.05, 0) is 36.9 Å². The van der Waals surface area contributed by atoms with E-state index in [1.807, 2.05) is 0 Å². The van der Waals surface area contributed by atoms with Crippen LogP contribution in [0.15, 0.2) is 12.2 Å². The predicted octanol–water partition coefficient (Wildman–Crippen LogP) is 5.00. The van der Waals surface area contributed by atoms with Crippen molar-refractivity contribution in [2.45, 2.75) is 71.7 Å². The van der Waals surface area contributed by atoms with Gasteiger partial charge in [-0.1, -0.05) is 46.8 Å². The van der Waals surface area contributed by atoms with Crippen molar-refractivity contribution in [1.82, 2.24) is 0 Å². The molecule has 2 heteroatoms. The summed E-state index contributed by atoms with van der Waals surface area (Å²) in [6, 6.07) is 0. The highest BCUT2D eigenvalue weighted by atomic mass is 28.4. The van der Waals surface area contributed by atoms with E-state index < -0.39 is 8.32 Å². The fourth-order valence-electron chi connectivity index (χ4n) is 2.17. The maximum atomic E-state index is 6.60. The Morgan fingerprint density at radius 3 is 2.29 bits per heavy atom. The smallest absolute Gasteiger partial charge is 0.192 e. The van der Waals surface area contributed by atoms with Gasteiger partial charge in [-0.3, -0.25) is 0 Å². The summed E-state index contributed by atoms with van der Waals surface area (Å²) in [6.45, 7) is 16.3. The lowest BCUT2D eigenvalue weighted by Gasteiger charge is -2.42. The van der Waals surface area contributed by atoms with Crippen LogP contribution < -0.4 is 0 Å². The fourth-order valence-corrected chi connectivity index (χ4v) is 3.56. The lowest BCUT2D eigenvalue weighted by molar-refractivity contribution is 0.103. The molecule has 0 aromatic heterocycles. The Kier molecular flexibility index (Phi) is 4.65. The highest BCUT2D eigenvalue weighted by molar-refractivity contribution is 6.74. The second-order valence-corrected chi connectivity index (χ2v) is 12.0. The molecule has 0 spiro atoms. The first kappa shape index (κ1) is 15.0. The first-order valence-electron chi connectivity index (χ1n) is 6.99. The van der Waals surface area contributed by atoms with E-state index in [1.54, 1.807) is 0 Å². The summed E-state index contributed by atoms with van der Waals surface area (Å²) in [4.78, 5) is 0. The Morgan fingerprint density at radius 1 is 1.24 bits per heavy atom. The van der Waals surface area contributed by atoms with E-state index in [4.69, 9.17) is 4.43 Å². The molecule has 0 bridgehead atoms. The van der Waals surface area contributed by atoms with Gasteiger partial charge in [-0.15, -0.1) is 0 Å². The van der Waals surface area contributed by atoms with E-state index in [-0.39, 0.29) is 0 Å². The normalized spacial score (nSPS) is 26.6. The molecule has 0 amide bonds. The Morgan fingerprint density at radius 2 is 1.82 bits per heavy atom. The van der Waals surface area contributed by atoms with Crippen LogP contribution in [0.4, 0.5) is 0 Å². The van der Waals surface area contributed by atoms with Gasteiger partial charge in [0.05, 0.1) is 6.10 Å². The lowest BCUT2D eigenvalue weighted by atomic mass is 9.84. The summed E-state index contributed by atoms with van der Waals surface area (Å²) in [5, 5.41) is 0.315. The molecular weight excluding hydrogens is 224 g/mol. The molecule has 1 aliphatic carbocycles. The summed E-state index contributed by atoms with van der Waals surface area (Å²) in [5.41, 5.74) is 0. The largest absolute Gasteiger partial charge is 0.413 e. The first-order valence-corrected chi connectivity index (χ1v) is 9.90. The van der Waals surface area contributed by atoms with Crippen LogP contribution in [-0.2, 0) is 4.43 Å². The Hall–Kier alpha value is -0.0831. The molecular formula is C15H30OSi. The Balaban J connectivity index is 2.76. The van der Waals surface area contributed by atoms with Crippen LogP contribution in [0.5, 0.6) is 0 Å². The molecule has 0 radical (unpaired) electrons. The fraction of sp³-hybridized carbons (Fsp3) is 0.867. The predicted molar refractivity (Wildman–Crippen MR) is 78.8 cm³/mol. The van der Waals surface area contributed by atoms with Crippen molar-refractivity contribution < 1.29 is 4.43 Å². The average Bonchev–Trinajstić information content (AvgIpc) is 2.15. The van der Waals surface area contributed by atoms with Gasteiger partial charge in [-0.2, -0.15) is 0 Å². The number of hydrogen-bond acceptors (Lipinski definition) is 1. The van der Waals surface area contributed by atoms with Crippen LogP contribution in [0.1, 0.15) is 47.5 Å². The quantitative estimate of drug-likeness (QED) is 0.509. The van der Waals surface area contributed by atoms with Crippen molar-refractivity contribution in [2.75, 3.05) is 0 Å². The molecule has 1 rings (SSSR count). The van der Waals surface area contributed by atoms with E-state index in [0.717, 1.165) is 0 Å². The van der Waals surface area contributed by atoms with Gasteiger partial charge in [0, 0.05) is 5.92 Å². The Labute approximate surface area is 109 Å². The zero-order valence-corrected chi connectivity index (χ0v) is 13.7. The molecule has 0 fully saturated rings. The van der Waals surface area contributed by atoms with Crippen molar-refractivity contribution in [3.8, 4) is 0 Å². The molecule has 0 N–H and O–H groups in total. The minimum Gasteiger partial charge on any atom is -0.413 e. The number of rotatable bonds is 3. The third-order valence-corrected chi connectivity index (χ3v) is 8.93. The van der Waals surface area contributed by atoms with Crippen molar-refractivity contribution in [1.29, 1.82) is 0 Å². The van der Waals surface area contributed by atoms with Gasteiger partial charge in [-0.25, -0.2) is 0 Å². The molecule has 0 saturated heterocycles. The van der Waals surface area contributed by atoms with Gasteiger partial charge in [0.1, 0.15) is 0 Å². The van der Waals surface area contributed by atoms with Crippen molar-refractivity contribution in [2.24, 2.45) is 11.8 Å². The highest BCUT2D eigenvalue weighted by Crippen LogP contribution is 2.40. The third kappa shape index (κ3) is 3.69. The van der Waals surface area contributed by atoms with Gasteiger partial charge in [0.15, 0.2) is 8.32 Å². The minimum atomic E-state index is -1.61. The van der Waals surface area contributed by atoms with E-state index in [1.165, 1.54) is 12.8 Å². The summed E-state index contributed by atoms with van der Waals surface area (Å²) < 4.78 is 6.60. The first-order chi connectivity index (χ1) is 7.65. The molecule has 0 heterocycles. The minimum absolute atomic E-state index is 0.315.